The summed E-state index contributed by atoms with van der Waals surface area (Å²) in [5, 5.41) is 11.5. The number of likely N-dealkylation sites (tertiary alicyclic amines) is 1. The smallest absolute Gasteiger partial charge is 0.225 e. The number of piperidine rings is 1. The van der Waals surface area contributed by atoms with Crippen LogP contribution < -0.4 is 10.2 Å². The molecule has 0 bridgehead atoms. The van der Waals surface area contributed by atoms with Gasteiger partial charge in [-0.2, -0.15) is 5.10 Å². The first kappa shape index (κ1) is 20.4. The number of aromatic amines is 1. The summed E-state index contributed by atoms with van der Waals surface area (Å²) >= 11 is 6.23. The third-order valence-electron chi connectivity index (χ3n) is 6.67. The summed E-state index contributed by atoms with van der Waals surface area (Å²) in [4.78, 5) is 29.3. The summed E-state index contributed by atoms with van der Waals surface area (Å²) in [6.07, 6.45) is 4.57. The van der Waals surface area contributed by atoms with Gasteiger partial charge in [-0.3, -0.25) is 14.7 Å². The van der Waals surface area contributed by atoms with Gasteiger partial charge in [-0.15, -0.1) is 0 Å². The number of benzene rings is 1. The van der Waals surface area contributed by atoms with E-state index in [1.54, 1.807) is 4.90 Å². The molecule has 8 heteroatoms. The van der Waals surface area contributed by atoms with E-state index in [0.717, 1.165) is 37.3 Å². The van der Waals surface area contributed by atoms with Crippen molar-refractivity contribution in [1.82, 2.24) is 20.4 Å². The molecule has 2 amide bonds. The van der Waals surface area contributed by atoms with Crippen LogP contribution >= 0.6 is 11.6 Å². The molecule has 1 atom stereocenters. The Bertz CT molecular complexity index is 964. The Kier molecular flexibility index (Phi) is 5.61. The monoisotopic (exact) mass is 441 g/mol. The van der Waals surface area contributed by atoms with Gasteiger partial charge in [0.1, 0.15) is 0 Å². The van der Waals surface area contributed by atoms with Gasteiger partial charge in [-0.1, -0.05) is 29.8 Å². The van der Waals surface area contributed by atoms with Crippen molar-refractivity contribution in [1.29, 1.82) is 0 Å². The van der Waals surface area contributed by atoms with E-state index in [2.05, 4.69) is 26.5 Å². The van der Waals surface area contributed by atoms with E-state index in [4.69, 9.17) is 11.6 Å². The van der Waals surface area contributed by atoms with Crippen LogP contribution in [0.15, 0.2) is 30.3 Å². The predicted molar refractivity (Wildman–Crippen MR) is 119 cm³/mol. The zero-order valence-corrected chi connectivity index (χ0v) is 18.3. The molecular formula is C23H28ClN5O2. The topological polar surface area (TPSA) is 81.3 Å². The Morgan fingerprint density at radius 3 is 2.71 bits per heavy atom. The van der Waals surface area contributed by atoms with E-state index in [-0.39, 0.29) is 30.2 Å². The highest BCUT2D eigenvalue weighted by molar-refractivity contribution is 6.31. The number of rotatable bonds is 6. The van der Waals surface area contributed by atoms with E-state index >= 15 is 0 Å². The van der Waals surface area contributed by atoms with E-state index in [9.17, 15) is 9.59 Å². The van der Waals surface area contributed by atoms with Crippen LogP contribution in [0.5, 0.6) is 0 Å². The minimum Gasteiger partial charge on any atom is -0.355 e. The molecule has 1 unspecified atom stereocenters. The van der Waals surface area contributed by atoms with E-state index in [1.165, 1.54) is 18.5 Å². The fraction of sp³-hybridized carbons (Fsp3) is 0.522. The van der Waals surface area contributed by atoms with Crippen molar-refractivity contribution in [3.05, 3.63) is 46.6 Å². The van der Waals surface area contributed by atoms with Gasteiger partial charge in [-0.05, 0) is 37.3 Å². The molecule has 0 radical (unpaired) electrons. The Balaban J connectivity index is 1.10. The van der Waals surface area contributed by atoms with Gasteiger partial charge >= 0.3 is 0 Å². The second-order valence-electron chi connectivity index (χ2n) is 8.99. The summed E-state index contributed by atoms with van der Waals surface area (Å²) in [5.74, 6) is 1.40. The lowest BCUT2D eigenvalue weighted by Gasteiger charge is -2.32. The number of anilines is 1. The molecule has 3 heterocycles. The molecule has 1 aromatic heterocycles. The summed E-state index contributed by atoms with van der Waals surface area (Å²) in [6.45, 7) is 2.66. The third-order valence-corrected chi connectivity index (χ3v) is 7.04. The number of nitrogens with zero attached hydrogens (tertiary/aromatic N) is 3. The Morgan fingerprint density at radius 2 is 1.97 bits per heavy atom. The molecular weight excluding hydrogens is 414 g/mol. The fourth-order valence-electron chi connectivity index (χ4n) is 4.60. The van der Waals surface area contributed by atoms with E-state index in [0.29, 0.717) is 24.0 Å². The molecule has 2 aliphatic heterocycles. The van der Waals surface area contributed by atoms with Crippen LogP contribution in [0.25, 0.3) is 0 Å². The molecule has 1 saturated carbocycles. The fourth-order valence-corrected chi connectivity index (χ4v) is 4.79. The number of halogens is 1. The number of aromatic nitrogens is 2. The lowest BCUT2D eigenvalue weighted by Crippen LogP contribution is -2.46. The van der Waals surface area contributed by atoms with Gasteiger partial charge in [0, 0.05) is 61.3 Å². The van der Waals surface area contributed by atoms with Crippen molar-refractivity contribution >= 4 is 29.2 Å². The van der Waals surface area contributed by atoms with Crippen LogP contribution in [0.3, 0.4) is 0 Å². The predicted octanol–water partition coefficient (Wildman–Crippen LogP) is 3.07. The normalized spacial score (nSPS) is 22.2. The Hall–Kier alpha value is -2.54. The molecule has 2 N–H and O–H groups in total. The molecule has 7 nitrogen and oxygen atoms in total. The number of carbonyl (C=O) groups is 2. The average molecular weight is 442 g/mol. The van der Waals surface area contributed by atoms with Crippen LogP contribution in [0.1, 0.15) is 49.3 Å². The summed E-state index contributed by atoms with van der Waals surface area (Å²) in [6, 6.07) is 9.85. The number of amides is 2. The van der Waals surface area contributed by atoms with Gasteiger partial charge in [0.05, 0.1) is 5.92 Å². The number of hydrogen-bond acceptors (Lipinski definition) is 4. The quantitative estimate of drug-likeness (QED) is 0.721. The summed E-state index contributed by atoms with van der Waals surface area (Å²) in [5.41, 5.74) is 2.16. The van der Waals surface area contributed by atoms with Crippen molar-refractivity contribution in [3.63, 3.8) is 0 Å². The van der Waals surface area contributed by atoms with Gasteiger partial charge in [0.15, 0.2) is 5.82 Å². The molecule has 31 heavy (non-hydrogen) atoms. The van der Waals surface area contributed by atoms with Gasteiger partial charge < -0.3 is 15.1 Å². The highest BCUT2D eigenvalue weighted by atomic mass is 35.5. The molecule has 0 spiro atoms. The molecule has 2 saturated heterocycles. The minimum atomic E-state index is -0.291. The largest absolute Gasteiger partial charge is 0.355 e. The Morgan fingerprint density at radius 1 is 1.19 bits per heavy atom. The van der Waals surface area contributed by atoms with Crippen molar-refractivity contribution in [3.8, 4) is 0 Å². The van der Waals surface area contributed by atoms with Gasteiger partial charge in [-0.25, -0.2) is 0 Å². The number of H-pyrrole nitrogens is 1. The molecule has 2 aromatic rings. The number of carbonyl (C=O) groups excluding carboxylic acids is 2. The van der Waals surface area contributed by atoms with Crippen LogP contribution in [-0.2, 0) is 16.1 Å². The van der Waals surface area contributed by atoms with Crippen LogP contribution in [-0.4, -0.2) is 52.6 Å². The van der Waals surface area contributed by atoms with Gasteiger partial charge in [0.25, 0.3) is 0 Å². The van der Waals surface area contributed by atoms with E-state index < -0.39 is 0 Å². The average Bonchev–Trinajstić information content (AvgIpc) is 3.39. The molecule has 3 aliphatic rings. The molecule has 164 valence electrons. The highest BCUT2D eigenvalue weighted by Crippen LogP contribution is 2.40. The second-order valence-corrected chi connectivity index (χ2v) is 9.40. The minimum absolute atomic E-state index is 0.00996. The molecule has 3 fully saturated rings. The maximum Gasteiger partial charge on any atom is 0.225 e. The zero-order valence-electron chi connectivity index (χ0n) is 17.5. The lowest BCUT2D eigenvalue weighted by molar-refractivity contribution is -0.129. The van der Waals surface area contributed by atoms with Crippen molar-refractivity contribution in [2.45, 2.75) is 50.6 Å². The van der Waals surface area contributed by atoms with Crippen molar-refractivity contribution in [2.75, 3.05) is 24.5 Å². The zero-order chi connectivity index (χ0) is 21.4. The lowest BCUT2D eigenvalue weighted by atomic mass is 10.0. The molecule has 1 aliphatic carbocycles. The maximum atomic E-state index is 12.8. The van der Waals surface area contributed by atoms with Crippen LogP contribution in [0.2, 0.25) is 5.02 Å². The summed E-state index contributed by atoms with van der Waals surface area (Å²) in [7, 11) is 0. The first-order valence-corrected chi connectivity index (χ1v) is 11.6. The first-order chi connectivity index (χ1) is 15.1. The highest BCUT2D eigenvalue weighted by Gasteiger charge is 2.35. The van der Waals surface area contributed by atoms with E-state index in [1.807, 2.05) is 24.3 Å². The SMILES string of the molecule is O=C(NC1CCN(c2cc(C3CC3)[nH]n2)CC1)C1CC(=O)N(Cc2ccccc2Cl)C1. The number of nitrogens with one attached hydrogen (secondary N) is 2. The first-order valence-electron chi connectivity index (χ1n) is 11.2. The molecule has 5 rings (SSSR count). The third kappa shape index (κ3) is 4.56. The summed E-state index contributed by atoms with van der Waals surface area (Å²) < 4.78 is 0. The van der Waals surface area contributed by atoms with Crippen molar-refractivity contribution < 1.29 is 9.59 Å². The molecule has 1 aromatic carbocycles. The van der Waals surface area contributed by atoms with Crippen molar-refractivity contribution in [2.24, 2.45) is 5.92 Å². The van der Waals surface area contributed by atoms with Crippen LogP contribution in [0.4, 0.5) is 5.82 Å². The maximum absolute atomic E-state index is 12.8. The van der Waals surface area contributed by atoms with Crippen LogP contribution in [0, 0.1) is 5.92 Å². The number of hydrogen-bond donors (Lipinski definition) is 2. The van der Waals surface area contributed by atoms with Gasteiger partial charge in [0.2, 0.25) is 11.8 Å². The standard InChI is InChI=1S/C23H28ClN5O2/c24-19-4-2-1-3-16(19)13-29-14-17(11-22(29)30)23(31)25-18-7-9-28(10-8-18)21-12-20(26-27-21)15-5-6-15/h1-4,12,15,17-18H,5-11,13-14H2,(H,25,31)(H,26,27). The second kappa shape index (κ2) is 8.54. The Labute approximate surface area is 187 Å².